The van der Waals surface area contributed by atoms with Crippen molar-refractivity contribution in [2.24, 2.45) is 23.7 Å². The number of ether oxygens (including phenoxy) is 11. The average molecular weight is 1100 g/mol. The molecule has 18 N–H and O–H groups in total. The Labute approximate surface area is 432 Å². The second-order valence-corrected chi connectivity index (χ2v) is 20.4. The van der Waals surface area contributed by atoms with Gasteiger partial charge in [0.1, 0.15) is 91.6 Å². The monoisotopic (exact) mass is 1100 g/mol. The maximum absolute atomic E-state index is 11.1. The molecule has 75 heavy (non-hydrogen) atoms. The first-order valence-electron chi connectivity index (χ1n) is 25.5. The van der Waals surface area contributed by atoms with Crippen LogP contribution in [0.2, 0.25) is 0 Å². The Morgan fingerprint density at radius 2 is 0.560 bits per heavy atom. The van der Waals surface area contributed by atoms with E-state index in [1.54, 1.807) is 13.8 Å². The number of hydrogen-bond donors (Lipinski definition) is 18. The normalized spacial score (nSPS) is 49.0. The highest BCUT2D eigenvalue weighted by Gasteiger charge is 2.51. The quantitative estimate of drug-likeness (QED) is 0.0427. The zero-order chi connectivity index (χ0) is 55.0. The highest BCUT2D eigenvalue weighted by molar-refractivity contribution is 4.98. The van der Waals surface area contributed by atoms with Gasteiger partial charge in [-0.05, 0) is 13.3 Å². The summed E-state index contributed by atoms with van der Waals surface area (Å²) in [5.41, 5.74) is 0. The van der Waals surface area contributed by atoms with Crippen molar-refractivity contribution >= 4 is 0 Å². The Morgan fingerprint density at radius 1 is 0.280 bits per heavy atom. The summed E-state index contributed by atoms with van der Waals surface area (Å²) < 4.78 is 62.8. The molecule has 30 atom stereocenters. The topological polar surface area (TPSA) is 466 Å². The van der Waals surface area contributed by atoms with Crippen LogP contribution in [0, 0.1) is 23.7 Å². The predicted octanol–water partition coefficient (Wildman–Crippen LogP) is -10.5. The number of aliphatic hydroxyl groups excluding tert-OH is 18. The van der Waals surface area contributed by atoms with Crippen molar-refractivity contribution in [1.29, 1.82) is 0 Å². The lowest BCUT2D eigenvalue weighted by Crippen LogP contribution is -2.61. The lowest BCUT2D eigenvalue weighted by molar-refractivity contribution is -0.311. The Morgan fingerprint density at radius 3 is 0.933 bits per heavy atom. The van der Waals surface area contributed by atoms with Crippen molar-refractivity contribution in [2.75, 3.05) is 85.9 Å². The lowest BCUT2D eigenvalue weighted by atomic mass is 9.87. The van der Waals surface area contributed by atoms with Gasteiger partial charge in [-0.25, -0.2) is 0 Å². The second-order valence-electron chi connectivity index (χ2n) is 20.4. The zero-order valence-corrected chi connectivity index (χ0v) is 41.8. The van der Waals surface area contributed by atoms with E-state index in [4.69, 9.17) is 52.1 Å². The molecule has 0 spiro atoms. The van der Waals surface area contributed by atoms with Gasteiger partial charge < -0.3 is 144 Å². The Hall–Kier alpha value is -1.16. The van der Waals surface area contributed by atoms with E-state index < -0.39 is 235 Å². The fourth-order valence-electron chi connectivity index (χ4n) is 10.6. The van der Waals surface area contributed by atoms with Crippen LogP contribution in [-0.4, -0.2) is 337 Å². The minimum absolute atomic E-state index is 0.219. The summed E-state index contributed by atoms with van der Waals surface area (Å²) in [6.07, 6.45) is -34.9. The largest absolute Gasteiger partial charge is 0.394 e. The summed E-state index contributed by atoms with van der Waals surface area (Å²) in [6.45, 7) is -2.50. The van der Waals surface area contributed by atoms with E-state index in [0.29, 0.717) is 6.42 Å². The van der Waals surface area contributed by atoms with Gasteiger partial charge in [-0.2, -0.15) is 0 Å². The summed E-state index contributed by atoms with van der Waals surface area (Å²) >= 11 is 0. The van der Waals surface area contributed by atoms with Gasteiger partial charge in [0, 0.05) is 23.7 Å². The molecule has 0 bridgehead atoms. The molecule has 18 unspecified atom stereocenters. The minimum Gasteiger partial charge on any atom is -0.394 e. The van der Waals surface area contributed by atoms with Gasteiger partial charge in [0.25, 0.3) is 0 Å². The van der Waals surface area contributed by atoms with Gasteiger partial charge >= 0.3 is 0 Å². The summed E-state index contributed by atoms with van der Waals surface area (Å²) in [4.78, 5) is 0. The van der Waals surface area contributed by atoms with Crippen LogP contribution >= 0.6 is 0 Å². The van der Waals surface area contributed by atoms with Crippen LogP contribution in [0.5, 0.6) is 0 Å². The third kappa shape index (κ3) is 14.7. The molecular formula is C46H82O29. The molecule has 0 aromatic rings. The number of rotatable bonds is 24. The summed E-state index contributed by atoms with van der Waals surface area (Å²) in [5, 5.41) is 190. The van der Waals surface area contributed by atoms with Crippen molar-refractivity contribution in [2.45, 2.75) is 179 Å². The van der Waals surface area contributed by atoms with Gasteiger partial charge in [0.15, 0.2) is 6.29 Å². The molecule has 6 aliphatic heterocycles. The van der Waals surface area contributed by atoms with Crippen molar-refractivity contribution in [3.8, 4) is 0 Å². The lowest BCUT2D eigenvalue weighted by Gasteiger charge is -2.45. The van der Waals surface area contributed by atoms with Crippen LogP contribution in [0.25, 0.3) is 0 Å². The first-order chi connectivity index (χ1) is 35.7. The molecule has 0 radical (unpaired) electrons. The van der Waals surface area contributed by atoms with Gasteiger partial charge in [0.2, 0.25) is 0 Å². The maximum Gasteiger partial charge on any atom is 0.186 e. The van der Waals surface area contributed by atoms with Gasteiger partial charge in [-0.1, -0.05) is 6.92 Å². The fourth-order valence-corrected chi connectivity index (χ4v) is 10.6. The third-order valence-electron chi connectivity index (χ3n) is 15.5. The molecule has 0 aromatic carbocycles. The average Bonchev–Trinajstić information content (AvgIpc) is 3.40. The van der Waals surface area contributed by atoms with Crippen LogP contribution < -0.4 is 0 Å². The van der Waals surface area contributed by atoms with Crippen molar-refractivity contribution in [1.82, 2.24) is 0 Å². The van der Waals surface area contributed by atoms with E-state index >= 15 is 0 Å². The van der Waals surface area contributed by atoms with Crippen molar-refractivity contribution in [3.05, 3.63) is 0 Å². The van der Waals surface area contributed by atoms with E-state index in [1.807, 2.05) is 0 Å². The van der Waals surface area contributed by atoms with E-state index in [-0.39, 0.29) is 33.0 Å². The van der Waals surface area contributed by atoms with Gasteiger partial charge in [0.05, 0.1) is 147 Å². The van der Waals surface area contributed by atoms with Crippen molar-refractivity contribution < 1.29 is 144 Å². The molecule has 0 saturated carbocycles. The van der Waals surface area contributed by atoms with E-state index in [1.165, 1.54) is 0 Å². The zero-order valence-electron chi connectivity index (χ0n) is 41.8. The summed E-state index contributed by atoms with van der Waals surface area (Å²) in [5.74, 6) is -3.96. The van der Waals surface area contributed by atoms with E-state index in [2.05, 4.69) is 0 Å². The molecule has 29 heteroatoms. The Balaban J connectivity index is 0.934. The minimum atomic E-state index is -1.82. The van der Waals surface area contributed by atoms with E-state index in [0.717, 1.165) is 0 Å². The maximum atomic E-state index is 11.1. The standard InChI is InChI=1S/C46H82O29/c1-3-22-37(56)43(62)40(59)29(71-22)14-66-9-19-24(5-48)73-28(39(58)34(19)53)13-68-11-21-26(7-50)75-46(45(64)36(21)55)69-16-31-42(61)44(63)41(60)30(74-31)15-67-10-20-25(6-49)72-27(38(57)35(20)54)12-65-8-18-23(4-47)70-17(2)32(51)33(18)52/h17-64H,3-16H2,1-2H3/t17-,18-,19-,20-,21-,22?,23?,24?,25?,26?,27-,28-,29-,30-,31?,32?,33?,34?,35?,36?,37-,38?,39?,40?,41?,42-,43?,44?,45?,46+/m1/s1. The van der Waals surface area contributed by atoms with Crippen LogP contribution in [0.1, 0.15) is 20.3 Å². The van der Waals surface area contributed by atoms with Crippen molar-refractivity contribution in [3.63, 3.8) is 0 Å². The number of hydrogen-bond acceptors (Lipinski definition) is 29. The summed E-state index contributed by atoms with van der Waals surface area (Å²) in [6, 6.07) is 0. The molecule has 6 heterocycles. The molecule has 0 amide bonds. The molecular weight excluding hydrogens is 1020 g/mol. The molecule has 29 nitrogen and oxygen atoms in total. The molecule has 6 saturated heterocycles. The van der Waals surface area contributed by atoms with Gasteiger partial charge in [-0.15, -0.1) is 0 Å². The molecule has 6 aliphatic rings. The highest BCUT2D eigenvalue weighted by atomic mass is 16.7. The number of aliphatic hydroxyl groups is 18. The second kappa shape index (κ2) is 29.0. The Kier molecular flexibility index (Phi) is 24.4. The molecule has 0 aliphatic carbocycles. The molecule has 0 aromatic heterocycles. The highest BCUT2D eigenvalue weighted by Crippen LogP contribution is 2.34. The fraction of sp³-hybridized carbons (Fsp3) is 1.00. The van der Waals surface area contributed by atoms with Crippen LogP contribution in [-0.2, 0) is 52.1 Å². The predicted molar refractivity (Wildman–Crippen MR) is 244 cm³/mol. The van der Waals surface area contributed by atoms with Gasteiger partial charge in [-0.3, -0.25) is 0 Å². The Bertz CT molecular complexity index is 1640. The third-order valence-corrected chi connectivity index (χ3v) is 15.5. The van der Waals surface area contributed by atoms with E-state index in [9.17, 15) is 91.9 Å². The molecule has 6 rings (SSSR count). The molecule has 6 fully saturated rings. The van der Waals surface area contributed by atoms with Crippen LogP contribution in [0.3, 0.4) is 0 Å². The van der Waals surface area contributed by atoms with Crippen LogP contribution in [0.15, 0.2) is 0 Å². The van der Waals surface area contributed by atoms with Crippen LogP contribution in [0.4, 0.5) is 0 Å². The molecule has 440 valence electrons. The summed E-state index contributed by atoms with van der Waals surface area (Å²) in [7, 11) is 0. The first-order valence-corrected chi connectivity index (χ1v) is 25.5. The SMILES string of the molecule is CCC1O[C@H](COC[C@@H]2C(CO)O[C@H](COC[C@@H]3C(CO)O[C@H](OCC4O[C@H](COC[C@@H]5C(CO)O[C@H](COC[C@@H]6C(CO)O[C@H](C)C(O)C6O)C(O)C5O)C(O)C(O)[C@@H]4O)C(O)C3O)C(O)C2O)C(O)C(O)[C@@H]1O. The smallest absolute Gasteiger partial charge is 0.186 e. The first kappa shape index (κ1) is 63.0.